The molecule has 1 saturated carbocycles. The zero-order valence-electron chi connectivity index (χ0n) is 10.5. The van der Waals surface area contributed by atoms with Gasteiger partial charge in [-0.15, -0.1) is 0 Å². The quantitative estimate of drug-likeness (QED) is 0.739. The van der Waals surface area contributed by atoms with Crippen molar-refractivity contribution in [3.63, 3.8) is 0 Å². The summed E-state index contributed by atoms with van der Waals surface area (Å²) >= 11 is 0. The fraction of sp³-hybridized carbons (Fsp3) is 0.692. The van der Waals surface area contributed by atoms with E-state index in [-0.39, 0.29) is 0 Å². The molecule has 1 aromatic rings. The fourth-order valence-electron chi connectivity index (χ4n) is 3.55. The Labute approximate surface area is 102 Å². The number of nitriles is 1. The minimum absolute atomic E-state index is 0.757. The van der Waals surface area contributed by atoms with Crippen molar-refractivity contribution >= 4 is 5.82 Å². The highest BCUT2D eigenvalue weighted by Gasteiger charge is 2.38. The molecule has 3 rings (SSSR count). The van der Waals surface area contributed by atoms with E-state index in [1.165, 1.54) is 19.3 Å². The van der Waals surface area contributed by atoms with Gasteiger partial charge in [-0.1, -0.05) is 6.42 Å². The molecule has 1 aliphatic carbocycles. The van der Waals surface area contributed by atoms with Crippen LogP contribution in [0.1, 0.15) is 30.5 Å². The van der Waals surface area contributed by atoms with Crippen molar-refractivity contribution in [2.45, 2.75) is 26.2 Å². The highest BCUT2D eigenvalue weighted by Crippen LogP contribution is 2.40. The first-order valence-electron chi connectivity index (χ1n) is 6.39. The standard InChI is InChI=1S/C13H18N4/c1-9-12(6-14)13(16(2)15-9)17-7-10-4-3-5-11(10)8-17/h10-11H,3-5,7-8H2,1-2H3. The van der Waals surface area contributed by atoms with E-state index in [1.807, 2.05) is 18.7 Å². The molecule has 0 spiro atoms. The van der Waals surface area contributed by atoms with Gasteiger partial charge in [0.15, 0.2) is 0 Å². The summed E-state index contributed by atoms with van der Waals surface area (Å²) < 4.78 is 1.87. The van der Waals surface area contributed by atoms with E-state index in [2.05, 4.69) is 16.1 Å². The maximum Gasteiger partial charge on any atom is 0.144 e. The van der Waals surface area contributed by atoms with Crippen LogP contribution in [0.2, 0.25) is 0 Å². The molecule has 1 aliphatic heterocycles. The van der Waals surface area contributed by atoms with Crippen molar-refractivity contribution in [3.05, 3.63) is 11.3 Å². The second-order valence-corrected chi connectivity index (χ2v) is 5.38. The lowest BCUT2D eigenvalue weighted by atomic mass is 10.0. The van der Waals surface area contributed by atoms with Gasteiger partial charge in [-0.3, -0.25) is 4.68 Å². The first-order valence-corrected chi connectivity index (χ1v) is 6.39. The van der Waals surface area contributed by atoms with Gasteiger partial charge in [0.05, 0.1) is 5.69 Å². The summed E-state index contributed by atoms with van der Waals surface area (Å²) in [6.07, 6.45) is 4.11. The van der Waals surface area contributed by atoms with Crippen molar-refractivity contribution in [2.24, 2.45) is 18.9 Å². The van der Waals surface area contributed by atoms with Gasteiger partial charge in [0, 0.05) is 20.1 Å². The molecule has 2 unspecified atom stereocenters. The first kappa shape index (κ1) is 10.6. The predicted molar refractivity (Wildman–Crippen MR) is 65.7 cm³/mol. The predicted octanol–water partition coefficient (Wildman–Crippen LogP) is 1.84. The molecule has 4 nitrogen and oxygen atoms in total. The van der Waals surface area contributed by atoms with Gasteiger partial charge in [-0.05, 0) is 31.6 Å². The molecular weight excluding hydrogens is 212 g/mol. The second-order valence-electron chi connectivity index (χ2n) is 5.38. The Kier molecular flexibility index (Phi) is 2.36. The first-order chi connectivity index (χ1) is 8.20. The van der Waals surface area contributed by atoms with E-state index in [0.717, 1.165) is 42.0 Å². The number of hydrogen-bond acceptors (Lipinski definition) is 3. The summed E-state index contributed by atoms with van der Waals surface area (Å²) in [5.41, 5.74) is 1.61. The molecule has 90 valence electrons. The maximum absolute atomic E-state index is 9.25. The molecule has 1 saturated heterocycles. The molecule has 2 fully saturated rings. The number of hydrogen-bond donors (Lipinski definition) is 0. The topological polar surface area (TPSA) is 44.9 Å². The van der Waals surface area contributed by atoms with Gasteiger partial charge in [-0.25, -0.2) is 0 Å². The van der Waals surface area contributed by atoms with Crippen molar-refractivity contribution < 1.29 is 0 Å². The normalized spacial score (nSPS) is 27.2. The number of aromatic nitrogens is 2. The Balaban J connectivity index is 1.93. The van der Waals surface area contributed by atoms with Crippen LogP contribution in [-0.2, 0) is 7.05 Å². The van der Waals surface area contributed by atoms with Gasteiger partial charge in [0.25, 0.3) is 0 Å². The average molecular weight is 230 g/mol. The van der Waals surface area contributed by atoms with Crippen molar-refractivity contribution in [1.82, 2.24) is 9.78 Å². The van der Waals surface area contributed by atoms with Crippen LogP contribution in [-0.4, -0.2) is 22.9 Å². The summed E-state index contributed by atoms with van der Waals surface area (Å²) in [7, 11) is 1.94. The van der Waals surface area contributed by atoms with Gasteiger partial charge in [0.2, 0.25) is 0 Å². The zero-order valence-corrected chi connectivity index (χ0v) is 10.5. The molecule has 0 aromatic carbocycles. The molecule has 2 aliphatic rings. The number of rotatable bonds is 1. The average Bonchev–Trinajstić information content (AvgIpc) is 2.89. The van der Waals surface area contributed by atoms with Crippen LogP contribution >= 0.6 is 0 Å². The van der Waals surface area contributed by atoms with E-state index in [0.29, 0.717) is 0 Å². The third-order valence-electron chi connectivity index (χ3n) is 4.33. The third-order valence-corrected chi connectivity index (χ3v) is 4.33. The number of nitrogens with zero attached hydrogens (tertiary/aromatic N) is 4. The summed E-state index contributed by atoms with van der Waals surface area (Å²) in [4.78, 5) is 2.37. The third kappa shape index (κ3) is 1.53. The lowest BCUT2D eigenvalue weighted by molar-refractivity contribution is 0.494. The Morgan fingerprint density at radius 2 is 1.94 bits per heavy atom. The van der Waals surface area contributed by atoms with E-state index in [9.17, 15) is 5.26 Å². The number of aryl methyl sites for hydroxylation is 2. The Hall–Kier alpha value is -1.50. The minimum Gasteiger partial charge on any atom is -0.355 e. The molecule has 1 aromatic heterocycles. The van der Waals surface area contributed by atoms with Crippen LogP contribution in [0.5, 0.6) is 0 Å². The number of anilines is 1. The molecule has 2 heterocycles. The van der Waals surface area contributed by atoms with Crippen molar-refractivity contribution in [2.75, 3.05) is 18.0 Å². The molecule has 4 heteroatoms. The van der Waals surface area contributed by atoms with Crippen LogP contribution in [0, 0.1) is 30.1 Å². The van der Waals surface area contributed by atoms with Crippen LogP contribution in [0.3, 0.4) is 0 Å². The largest absolute Gasteiger partial charge is 0.355 e. The molecular formula is C13H18N4. The molecule has 0 N–H and O–H groups in total. The zero-order chi connectivity index (χ0) is 12.0. The van der Waals surface area contributed by atoms with E-state index >= 15 is 0 Å². The van der Waals surface area contributed by atoms with E-state index in [1.54, 1.807) is 0 Å². The monoisotopic (exact) mass is 230 g/mol. The minimum atomic E-state index is 0.757. The summed E-state index contributed by atoms with van der Waals surface area (Å²) in [6, 6.07) is 2.30. The fourth-order valence-corrected chi connectivity index (χ4v) is 3.55. The summed E-state index contributed by atoms with van der Waals surface area (Å²) in [5, 5.41) is 13.6. The van der Waals surface area contributed by atoms with Gasteiger partial charge >= 0.3 is 0 Å². The Bertz CT molecular complexity index is 470. The van der Waals surface area contributed by atoms with Crippen LogP contribution in [0.15, 0.2) is 0 Å². The second kappa shape index (κ2) is 3.76. The van der Waals surface area contributed by atoms with Gasteiger partial charge < -0.3 is 4.90 Å². The van der Waals surface area contributed by atoms with Crippen molar-refractivity contribution in [1.29, 1.82) is 5.26 Å². The smallest absolute Gasteiger partial charge is 0.144 e. The number of fused-ring (bicyclic) bond motifs is 1. The van der Waals surface area contributed by atoms with Gasteiger partial charge in [0.1, 0.15) is 17.5 Å². The van der Waals surface area contributed by atoms with Crippen LogP contribution in [0.25, 0.3) is 0 Å². The molecule has 2 atom stereocenters. The molecule has 0 bridgehead atoms. The highest BCUT2D eigenvalue weighted by molar-refractivity contribution is 5.57. The lowest BCUT2D eigenvalue weighted by Crippen LogP contribution is -2.24. The summed E-state index contributed by atoms with van der Waals surface area (Å²) in [6.45, 7) is 4.13. The van der Waals surface area contributed by atoms with Crippen LogP contribution < -0.4 is 4.90 Å². The van der Waals surface area contributed by atoms with E-state index in [4.69, 9.17) is 0 Å². The summed E-state index contributed by atoms with van der Waals surface area (Å²) in [5.74, 6) is 2.72. The SMILES string of the molecule is Cc1nn(C)c(N2CC3CCCC3C2)c1C#N. The van der Waals surface area contributed by atoms with Crippen molar-refractivity contribution in [3.8, 4) is 6.07 Å². The molecule has 0 radical (unpaired) electrons. The molecule has 0 amide bonds. The van der Waals surface area contributed by atoms with Gasteiger partial charge in [-0.2, -0.15) is 10.4 Å². The van der Waals surface area contributed by atoms with E-state index < -0.39 is 0 Å². The highest BCUT2D eigenvalue weighted by atomic mass is 15.4. The Morgan fingerprint density at radius 3 is 2.53 bits per heavy atom. The molecule has 17 heavy (non-hydrogen) atoms. The Morgan fingerprint density at radius 1 is 1.29 bits per heavy atom. The maximum atomic E-state index is 9.25. The van der Waals surface area contributed by atoms with Crippen LogP contribution in [0.4, 0.5) is 5.82 Å². The lowest BCUT2D eigenvalue weighted by Gasteiger charge is -2.19.